The molecule has 132 valence electrons. The van der Waals surface area contributed by atoms with Gasteiger partial charge in [-0.25, -0.2) is 0 Å². The SMILES string of the molecule is Cc1ccc(N2CC3(C[C@@H](OCc4cccc(C)n4)CCO3)C2)nn1. The van der Waals surface area contributed by atoms with Crippen LogP contribution < -0.4 is 4.90 Å². The maximum absolute atomic E-state index is 6.12. The number of anilines is 1. The average Bonchev–Trinajstić information content (AvgIpc) is 2.59. The number of ether oxygens (including phenoxy) is 2. The first kappa shape index (κ1) is 16.4. The standard InChI is InChI=1S/C19H24N4O2/c1-14-4-3-5-16(20-14)11-24-17-8-9-25-19(10-17)12-23(13-19)18-7-6-15(2)21-22-18/h3-7,17H,8-13H2,1-2H3/t17-/m0/s1. The van der Waals surface area contributed by atoms with E-state index in [1.165, 1.54) is 0 Å². The highest BCUT2D eigenvalue weighted by Gasteiger charge is 2.48. The summed E-state index contributed by atoms with van der Waals surface area (Å²) in [6.45, 7) is 6.98. The van der Waals surface area contributed by atoms with Crippen LogP contribution >= 0.6 is 0 Å². The lowest BCUT2D eigenvalue weighted by Gasteiger charge is -2.53. The largest absolute Gasteiger partial charge is 0.372 e. The van der Waals surface area contributed by atoms with Gasteiger partial charge < -0.3 is 14.4 Å². The molecule has 2 aliphatic rings. The lowest BCUT2D eigenvalue weighted by atomic mass is 9.84. The van der Waals surface area contributed by atoms with Crippen LogP contribution in [0.3, 0.4) is 0 Å². The topological polar surface area (TPSA) is 60.4 Å². The molecular weight excluding hydrogens is 316 g/mol. The lowest BCUT2D eigenvalue weighted by Crippen LogP contribution is -2.66. The second-order valence-corrected chi connectivity index (χ2v) is 7.12. The predicted molar refractivity (Wildman–Crippen MR) is 94.5 cm³/mol. The molecule has 4 heterocycles. The third-order valence-electron chi connectivity index (χ3n) is 4.93. The van der Waals surface area contributed by atoms with Crippen molar-refractivity contribution in [3.05, 3.63) is 47.4 Å². The van der Waals surface area contributed by atoms with Crippen LogP contribution in [0, 0.1) is 13.8 Å². The Morgan fingerprint density at radius 2 is 2.04 bits per heavy atom. The molecule has 2 saturated heterocycles. The molecule has 1 spiro atoms. The maximum atomic E-state index is 6.12. The fourth-order valence-electron chi connectivity index (χ4n) is 3.60. The zero-order valence-electron chi connectivity index (χ0n) is 14.8. The minimum Gasteiger partial charge on any atom is -0.372 e. The molecule has 0 N–H and O–H groups in total. The molecule has 0 bridgehead atoms. The molecule has 0 radical (unpaired) electrons. The van der Waals surface area contributed by atoms with E-state index in [9.17, 15) is 0 Å². The lowest BCUT2D eigenvalue weighted by molar-refractivity contribution is -0.148. The first-order valence-electron chi connectivity index (χ1n) is 8.85. The monoisotopic (exact) mass is 340 g/mol. The first-order chi connectivity index (χ1) is 12.1. The quantitative estimate of drug-likeness (QED) is 0.852. The van der Waals surface area contributed by atoms with Crippen molar-refractivity contribution in [2.24, 2.45) is 0 Å². The molecule has 6 nitrogen and oxygen atoms in total. The molecule has 2 aliphatic heterocycles. The minimum absolute atomic E-state index is 0.102. The van der Waals surface area contributed by atoms with Gasteiger partial charge in [0.15, 0.2) is 5.82 Å². The molecule has 4 rings (SSSR count). The van der Waals surface area contributed by atoms with Crippen LogP contribution in [0.25, 0.3) is 0 Å². The van der Waals surface area contributed by atoms with Crippen LogP contribution in [-0.2, 0) is 16.1 Å². The molecule has 0 amide bonds. The molecule has 6 heteroatoms. The van der Waals surface area contributed by atoms with Gasteiger partial charge in [-0.2, -0.15) is 5.10 Å². The molecule has 0 aliphatic carbocycles. The number of rotatable bonds is 4. The van der Waals surface area contributed by atoms with E-state index in [2.05, 4.69) is 20.1 Å². The second kappa shape index (κ2) is 6.69. The number of pyridine rings is 1. The molecule has 2 aromatic heterocycles. The normalized spacial score (nSPS) is 22.0. The van der Waals surface area contributed by atoms with Crippen LogP contribution in [0.4, 0.5) is 5.82 Å². The van der Waals surface area contributed by atoms with Gasteiger partial charge in [-0.3, -0.25) is 4.98 Å². The third-order valence-corrected chi connectivity index (χ3v) is 4.93. The zero-order chi connectivity index (χ0) is 17.3. The van der Waals surface area contributed by atoms with Gasteiger partial charge in [-0.15, -0.1) is 5.10 Å². The van der Waals surface area contributed by atoms with Crippen molar-refractivity contribution in [1.29, 1.82) is 0 Å². The summed E-state index contributed by atoms with van der Waals surface area (Å²) in [6.07, 6.45) is 2.09. The highest BCUT2D eigenvalue weighted by atomic mass is 16.5. The van der Waals surface area contributed by atoms with E-state index >= 15 is 0 Å². The summed E-state index contributed by atoms with van der Waals surface area (Å²) in [4.78, 5) is 6.73. The number of aromatic nitrogens is 3. The number of hydrogen-bond acceptors (Lipinski definition) is 6. The molecule has 0 saturated carbocycles. The van der Waals surface area contributed by atoms with Crippen molar-refractivity contribution in [3.63, 3.8) is 0 Å². The molecule has 0 unspecified atom stereocenters. The van der Waals surface area contributed by atoms with E-state index in [0.717, 1.165) is 55.4 Å². The molecule has 25 heavy (non-hydrogen) atoms. The third kappa shape index (κ3) is 3.65. The Morgan fingerprint density at radius 1 is 1.16 bits per heavy atom. The van der Waals surface area contributed by atoms with E-state index < -0.39 is 0 Å². The van der Waals surface area contributed by atoms with Gasteiger partial charge in [-0.1, -0.05) is 6.07 Å². The summed E-state index contributed by atoms with van der Waals surface area (Å²) in [5.74, 6) is 0.923. The van der Waals surface area contributed by atoms with E-state index in [1.807, 2.05) is 44.2 Å². The fourth-order valence-corrected chi connectivity index (χ4v) is 3.60. The summed E-state index contributed by atoms with van der Waals surface area (Å²) in [6, 6.07) is 10.1. The Kier molecular flexibility index (Phi) is 4.39. The van der Waals surface area contributed by atoms with Crippen LogP contribution in [0.5, 0.6) is 0 Å². The number of nitrogens with zero attached hydrogens (tertiary/aromatic N) is 4. The smallest absolute Gasteiger partial charge is 0.151 e. The number of hydrogen-bond donors (Lipinski definition) is 0. The summed E-state index contributed by atoms with van der Waals surface area (Å²) in [5.41, 5.74) is 2.85. The summed E-state index contributed by atoms with van der Waals surface area (Å²) in [7, 11) is 0. The van der Waals surface area contributed by atoms with Crippen LogP contribution in [0.15, 0.2) is 30.3 Å². The molecule has 2 fully saturated rings. The highest BCUT2D eigenvalue weighted by molar-refractivity contribution is 5.43. The highest BCUT2D eigenvalue weighted by Crippen LogP contribution is 2.37. The van der Waals surface area contributed by atoms with E-state index in [0.29, 0.717) is 6.61 Å². The second-order valence-electron chi connectivity index (χ2n) is 7.12. The molecule has 1 atom stereocenters. The van der Waals surface area contributed by atoms with Crippen molar-refractivity contribution in [2.75, 3.05) is 24.6 Å². The van der Waals surface area contributed by atoms with Crippen LogP contribution in [-0.4, -0.2) is 46.6 Å². The van der Waals surface area contributed by atoms with E-state index in [4.69, 9.17) is 9.47 Å². The number of aryl methyl sites for hydroxylation is 2. The predicted octanol–water partition coefficient (Wildman–Crippen LogP) is 2.44. The Hall–Kier alpha value is -2.05. The van der Waals surface area contributed by atoms with Gasteiger partial charge in [0.05, 0.1) is 37.2 Å². The fraction of sp³-hybridized carbons (Fsp3) is 0.526. The van der Waals surface area contributed by atoms with Crippen molar-refractivity contribution >= 4 is 5.82 Å². The Balaban J connectivity index is 1.32. The molecule has 0 aromatic carbocycles. The van der Waals surface area contributed by atoms with E-state index in [1.54, 1.807) is 0 Å². The zero-order valence-corrected chi connectivity index (χ0v) is 14.8. The summed E-state index contributed by atoms with van der Waals surface area (Å²) < 4.78 is 12.2. The van der Waals surface area contributed by atoms with Crippen molar-refractivity contribution in [3.8, 4) is 0 Å². The average molecular weight is 340 g/mol. The van der Waals surface area contributed by atoms with E-state index in [-0.39, 0.29) is 11.7 Å². The Bertz CT molecular complexity index is 728. The molecular formula is C19H24N4O2. The van der Waals surface area contributed by atoms with Gasteiger partial charge >= 0.3 is 0 Å². The van der Waals surface area contributed by atoms with Crippen molar-refractivity contribution < 1.29 is 9.47 Å². The van der Waals surface area contributed by atoms with Gasteiger partial charge in [0.1, 0.15) is 5.60 Å². The Morgan fingerprint density at radius 3 is 2.80 bits per heavy atom. The van der Waals surface area contributed by atoms with Gasteiger partial charge in [-0.05, 0) is 44.5 Å². The van der Waals surface area contributed by atoms with Gasteiger partial charge in [0.25, 0.3) is 0 Å². The molecule has 2 aromatic rings. The summed E-state index contributed by atoms with van der Waals surface area (Å²) >= 11 is 0. The van der Waals surface area contributed by atoms with Crippen molar-refractivity contribution in [1.82, 2.24) is 15.2 Å². The van der Waals surface area contributed by atoms with Gasteiger partial charge in [0.2, 0.25) is 0 Å². The van der Waals surface area contributed by atoms with Crippen LogP contribution in [0.1, 0.15) is 29.9 Å². The first-order valence-corrected chi connectivity index (χ1v) is 8.85. The van der Waals surface area contributed by atoms with Crippen molar-refractivity contribution in [2.45, 2.75) is 45.0 Å². The Labute approximate surface area is 148 Å². The summed E-state index contributed by atoms with van der Waals surface area (Å²) in [5, 5.41) is 8.40. The van der Waals surface area contributed by atoms with Crippen LogP contribution in [0.2, 0.25) is 0 Å². The minimum atomic E-state index is -0.102. The maximum Gasteiger partial charge on any atom is 0.151 e. The van der Waals surface area contributed by atoms with Gasteiger partial charge in [0, 0.05) is 18.7 Å².